The molecule has 0 unspecified atom stereocenters. The zero-order valence-electron chi connectivity index (χ0n) is 49.1. The molecule has 18 rings (SSSR count). The molecule has 2 aliphatic heterocycles. The number of benzene rings is 12. The van der Waals surface area contributed by atoms with Gasteiger partial charge in [0.2, 0.25) is 0 Å². The lowest BCUT2D eigenvalue weighted by Gasteiger charge is -2.71. The number of para-hydroxylation sites is 4. The molecule has 4 nitrogen and oxygen atoms in total. The third-order valence-corrected chi connectivity index (χ3v) is 21.9. The van der Waals surface area contributed by atoms with Crippen LogP contribution < -0.4 is 9.80 Å². The summed E-state index contributed by atoms with van der Waals surface area (Å²) in [5.74, 6) is 0. The van der Waals surface area contributed by atoms with Gasteiger partial charge in [-0.05, 0) is 221 Å². The predicted molar refractivity (Wildman–Crippen MR) is 353 cm³/mol. The van der Waals surface area contributed by atoms with Crippen molar-refractivity contribution in [2.75, 3.05) is 9.80 Å². The summed E-state index contributed by atoms with van der Waals surface area (Å²) in [5.41, 5.74) is 18.6. The Balaban J connectivity index is 0.849. The number of nitriles is 2. The molecular weight excluding hydrogens is 1040 g/mol. The summed E-state index contributed by atoms with van der Waals surface area (Å²) in [6, 6.07) is 96.7. The van der Waals surface area contributed by atoms with Gasteiger partial charge in [-0.15, -0.1) is 0 Å². The zero-order valence-corrected chi connectivity index (χ0v) is 49.1. The SMILES string of the molecule is CC1(C)c2ccccc2N(c2ccc3cc(C45CC6(c7ccc8cc(C#N)ccc8c7)CC(c7ccc8cc(C#N)ccc8c7)(C4)CC(c4ccc7cc(N8c9ccccc9C(C)(C)c9ccccc98)ccc7c4)(C6)C5)ccc3c2)c2ccccc21. The minimum absolute atomic E-state index is 0.136. The van der Waals surface area contributed by atoms with Crippen molar-refractivity contribution in [1.82, 2.24) is 0 Å². The molecule has 0 aromatic heterocycles. The lowest BCUT2D eigenvalue weighted by Crippen LogP contribution is -2.67. The van der Waals surface area contributed by atoms with E-state index in [1.54, 1.807) is 0 Å². The van der Waals surface area contributed by atoms with Crippen LogP contribution in [0.4, 0.5) is 34.1 Å². The molecule has 0 radical (unpaired) electrons. The molecule has 412 valence electrons. The van der Waals surface area contributed by atoms with Crippen LogP contribution in [0.2, 0.25) is 0 Å². The monoisotopic (exact) mass is 1100 g/mol. The quantitative estimate of drug-likeness (QED) is 0.166. The Morgan fingerprint density at radius 3 is 0.814 bits per heavy atom. The van der Waals surface area contributed by atoms with Crippen molar-refractivity contribution in [2.45, 2.75) is 98.7 Å². The summed E-state index contributed by atoms with van der Waals surface area (Å²) in [7, 11) is 0. The van der Waals surface area contributed by atoms with Crippen LogP contribution in [0.25, 0.3) is 43.1 Å². The normalized spacial score (nSPS) is 22.7. The van der Waals surface area contributed by atoms with Crippen LogP contribution in [0.1, 0.15) is 122 Å². The van der Waals surface area contributed by atoms with Crippen molar-refractivity contribution in [2.24, 2.45) is 0 Å². The molecule has 4 bridgehead atoms. The molecule has 6 aliphatic rings. The fourth-order valence-electron chi connectivity index (χ4n) is 18.5. The van der Waals surface area contributed by atoms with Crippen LogP contribution in [0.3, 0.4) is 0 Å². The van der Waals surface area contributed by atoms with Gasteiger partial charge < -0.3 is 9.80 Å². The first kappa shape index (κ1) is 50.7. The highest BCUT2D eigenvalue weighted by atomic mass is 15.2. The Labute approximate surface area is 503 Å². The van der Waals surface area contributed by atoms with Crippen molar-refractivity contribution in [1.29, 1.82) is 10.5 Å². The number of hydrogen-bond acceptors (Lipinski definition) is 4. The van der Waals surface area contributed by atoms with Crippen molar-refractivity contribution < 1.29 is 0 Å². The molecule has 0 N–H and O–H groups in total. The summed E-state index contributed by atoms with van der Waals surface area (Å²) < 4.78 is 0. The Bertz CT molecular complexity index is 4560. The average molecular weight is 1110 g/mol. The first-order valence-corrected chi connectivity index (χ1v) is 30.7. The third-order valence-electron chi connectivity index (χ3n) is 21.9. The summed E-state index contributed by atoms with van der Waals surface area (Å²) >= 11 is 0. The van der Waals surface area contributed by atoms with E-state index in [9.17, 15) is 10.5 Å². The van der Waals surface area contributed by atoms with Gasteiger partial charge in [-0.25, -0.2) is 0 Å². The summed E-state index contributed by atoms with van der Waals surface area (Å²) in [6.45, 7) is 9.42. The third kappa shape index (κ3) is 7.26. The average Bonchev–Trinajstić information content (AvgIpc) is 0.670. The molecule has 4 aliphatic carbocycles. The Morgan fingerprint density at radius 2 is 0.523 bits per heavy atom. The number of fused-ring (bicyclic) bond motifs is 8. The molecular formula is C82H64N4. The number of rotatable bonds is 6. The fraction of sp³-hybridized carbons (Fsp3) is 0.195. The minimum Gasteiger partial charge on any atom is -0.310 e. The van der Waals surface area contributed by atoms with E-state index in [0.29, 0.717) is 11.1 Å². The molecule has 0 spiro atoms. The van der Waals surface area contributed by atoms with Crippen molar-refractivity contribution in [3.63, 3.8) is 0 Å². The van der Waals surface area contributed by atoms with E-state index in [0.717, 1.165) is 49.3 Å². The van der Waals surface area contributed by atoms with Gasteiger partial charge in [0.15, 0.2) is 0 Å². The molecule has 86 heavy (non-hydrogen) atoms. The molecule has 4 heteroatoms. The van der Waals surface area contributed by atoms with Crippen LogP contribution >= 0.6 is 0 Å². The number of nitrogens with zero attached hydrogens (tertiary/aromatic N) is 4. The topological polar surface area (TPSA) is 54.1 Å². The van der Waals surface area contributed by atoms with Crippen molar-refractivity contribution >= 4 is 77.2 Å². The van der Waals surface area contributed by atoms with Gasteiger partial charge in [-0.1, -0.05) is 198 Å². The lowest BCUT2D eigenvalue weighted by atomic mass is 9.32. The molecule has 12 aromatic rings. The van der Waals surface area contributed by atoms with Gasteiger partial charge in [0.05, 0.1) is 46.0 Å². The lowest BCUT2D eigenvalue weighted by molar-refractivity contribution is -0.0690. The molecule has 0 atom stereocenters. The standard InChI is InChI=1S/C82H64N4/c1-77(2)69-13-5-9-17-73(69)85(74-18-10-6-14-70(74)77)67-35-29-59-41-65(33-27-61(59)43-67)81-48-79(63-31-25-55-37-53(45-83)21-23-57(55)39-63)47-80(49-81,64-32-26-56-38-54(46-84)22-24-58(56)40-64)51-82(50-79,52-81)66-34-28-62-44-68(36-30-60(62)42-66)86-75-19-11-7-15-71(75)78(3,4)72-16-8-12-20-76(72)86/h5-44H,47-52H2,1-4H3. The van der Waals surface area contributed by atoms with Crippen molar-refractivity contribution in [3.05, 3.63) is 298 Å². The van der Waals surface area contributed by atoms with Crippen LogP contribution in [0, 0.1) is 22.7 Å². The number of hydrogen-bond donors (Lipinski definition) is 0. The second kappa shape index (κ2) is 17.9. The van der Waals surface area contributed by atoms with E-state index in [4.69, 9.17) is 0 Å². The van der Waals surface area contributed by atoms with E-state index in [-0.39, 0.29) is 32.5 Å². The summed E-state index contributed by atoms with van der Waals surface area (Å²) in [6.07, 6.45) is 6.24. The van der Waals surface area contributed by atoms with Gasteiger partial charge in [0.25, 0.3) is 0 Å². The van der Waals surface area contributed by atoms with Crippen LogP contribution in [0.5, 0.6) is 0 Å². The maximum Gasteiger partial charge on any atom is 0.0991 e. The highest BCUT2D eigenvalue weighted by molar-refractivity contribution is 5.95. The highest BCUT2D eigenvalue weighted by Gasteiger charge is 2.69. The largest absolute Gasteiger partial charge is 0.310 e. The van der Waals surface area contributed by atoms with Crippen molar-refractivity contribution in [3.8, 4) is 12.1 Å². The zero-order chi connectivity index (χ0) is 58.0. The number of anilines is 6. The van der Waals surface area contributed by atoms with Gasteiger partial charge in [0.1, 0.15) is 0 Å². The molecule has 4 fully saturated rings. The first-order valence-electron chi connectivity index (χ1n) is 30.7. The summed E-state index contributed by atoms with van der Waals surface area (Å²) in [5, 5.41) is 29.6. The van der Waals surface area contributed by atoms with Gasteiger partial charge in [-0.3, -0.25) is 0 Å². The van der Waals surface area contributed by atoms with E-state index in [1.165, 1.54) is 111 Å². The van der Waals surface area contributed by atoms with Crippen LogP contribution in [0.15, 0.2) is 243 Å². The van der Waals surface area contributed by atoms with E-state index in [1.807, 2.05) is 24.3 Å². The van der Waals surface area contributed by atoms with E-state index < -0.39 is 0 Å². The van der Waals surface area contributed by atoms with Gasteiger partial charge >= 0.3 is 0 Å². The van der Waals surface area contributed by atoms with Gasteiger partial charge in [0, 0.05) is 22.2 Å². The molecule has 4 saturated carbocycles. The van der Waals surface area contributed by atoms with Crippen LogP contribution in [-0.2, 0) is 32.5 Å². The molecule has 0 saturated heterocycles. The first-order chi connectivity index (χ1) is 41.8. The molecule has 12 aromatic carbocycles. The van der Waals surface area contributed by atoms with E-state index in [2.05, 4.69) is 268 Å². The second-order valence-electron chi connectivity index (χ2n) is 27.4. The fourth-order valence-corrected chi connectivity index (χ4v) is 18.5. The maximum atomic E-state index is 9.99. The second-order valence-corrected chi connectivity index (χ2v) is 27.4. The highest BCUT2D eigenvalue weighted by Crippen LogP contribution is 2.75. The Kier molecular flexibility index (Phi) is 10.6. The Hall–Kier alpha value is -9.74. The Morgan fingerprint density at radius 1 is 0.279 bits per heavy atom. The minimum atomic E-state index is -0.196. The van der Waals surface area contributed by atoms with Crippen LogP contribution in [-0.4, -0.2) is 0 Å². The molecule has 2 heterocycles. The predicted octanol–water partition coefficient (Wildman–Crippen LogP) is 20.7. The summed E-state index contributed by atoms with van der Waals surface area (Å²) in [4.78, 5) is 4.96. The molecule has 0 amide bonds. The maximum absolute atomic E-state index is 9.99. The van der Waals surface area contributed by atoms with Gasteiger partial charge in [-0.2, -0.15) is 10.5 Å². The van der Waals surface area contributed by atoms with E-state index >= 15 is 0 Å². The smallest absolute Gasteiger partial charge is 0.0991 e.